The van der Waals surface area contributed by atoms with Crippen LogP contribution in [0, 0.1) is 12.3 Å². The molecule has 0 bridgehead atoms. The van der Waals surface area contributed by atoms with Crippen molar-refractivity contribution >= 4 is 21.6 Å². The van der Waals surface area contributed by atoms with Crippen molar-refractivity contribution in [2.24, 2.45) is 5.41 Å². The second-order valence-electron chi connectivity index (χ2n) is 7.93. The van der Waals surface area contributed by atoms with Crippen molar-refractivity contribution in [3.63, 3.8) is 0 Å². The first-order valence-electron chi connectivity index (χ1n) is 7.60. The smallest absolute Gasteiger partial charge is 0.252 e. The molecule has 0 heterocycles. The average Bonchev–Trinajstić information content (AvgIpc) is 2.25. The van der Waals surface area contributed by atoms with Gasteiger partial charge in [-0.15, -0.1) is 0 Å². The summed E-state index contributed by atoms with van der Waals surface area (Å²) in [5.41, 5.74) is 1.24. The van der Waals surface area contributed by atoms with Crippen LogP contribution < -0.4 is 10.0 Å². The van der Waals surface area contributed by atoms with Gasteiger partial charge in [-0.05, 0) is 50.3 Å². The highest BCUT2D eigenvalue weighted by atomic mass is 32.2. The molecule has 0 aliphatic carbocycles. The number of sulfonamides is 1. The molecule has 1 amide bonds. The highest BCUT2D eigenvalue weighted by molar-refractivity contribution is 7.92. The van der Waals surface area contributed by atoms with Gasteiger partial charge < -0.3 is 5.32 Å². The maximum absolute atomic E-state index is 12.6. The van der Waals surface area contributed by atoms with Gasteiger partial charge >= 0.3 is 0 Å². The fraction of sp³-hybridized carbons (Fsp3) is 0.588. The van der Waals surface area contributed by atoms with Crippen molar-refractivity contribution in [3.8, 4) is 0 Å². The lowest BCUT2D eigenvalue weighted by Crippen LogP contribution is -2.46. The molecule has 0 unspecified atom stereocenters. The maximum Gasteiger partial charge on any atom is 0.252 e. The third-order valence-electron chi connectivity index (χ3n) is 3.30. The van der Waals surface area contributed by atoms with E-state index in [0.29, 0.717) is 16.8 Å². The minimum Gasteiger partial charge on any atom is -0.347 e. The van der Waals surface area contributed by atoms with Crippen LogP contribution in [-0.2, 0) is 10.0 Å². The molecule has 130 valence electrons. The van der Waals surface area contributed by atoms with E-state index in [2.05, 4.69) is 30.8 Å². The summed E-state index contributed by atoms with van der Waals surface area (Å²) in [5, 5.41) is 3.04. The quantitative estimate of drug-likeness (QED) is 0.863. The molecule has 5 nitrogen and oxygen atoms in total. The van der Waals surface area contributed by atoms with Crippen LogP contribution in [-0.4, -0.2) is 26.1 Å². The summed E-state index contributed by atoms with van der Waals surface area (Å²) >= 11 is 0. The minimum absolute atomic E-state index is 0.0888. The Bertz CT molecular complexity index is 686. The van der Waals surface area contributed by atoms with E-state index < -0.39 is 10.0 Å². The molecule has 6 heteroatoms. The predicted molar refractivity (Wildman–Crippen MR) is 95.3 cm³/mol. The Morgan fingerprint density at radius 1 is 1.13 bits per heavy atom. The van der Waals surface area contributed by atoms with Gasteiger partial charge in [0.2, 0.25) is 10.0 Å². The zero-order valence-electron chi connectivity index (χ0n) is 15.1. The van der Waals surface area contributed by atoms with Crippen LogP contribution in [0.1, 0.15) is 57.0 Å². The SMILES string of the molecule is Cc1c(NS(C)(=O)=O)cccc1C(=O)NC(C)(C)CC(C)(C)C. The number of benzene rings is 1. The van der Waals surface area contributed by atoms with Crippen LogP contribution in [0.15, 0.2) is 18.2 Å². The van der Waals surface area contributed by atoms with Gasteiger partial charge in [0.1, 0.15) is 0 Å². The molecule has 0 saturated heterocycles. The van der Waals surface area contributed by atoms with Crippen LogP contribution in [0.2, 0.25) is 0 Å². The average molecular weight is 340 g/mol. The topological polar surface area (TPSA) is 75.3 Å². The standard InChI is InChI=1S/C17H28N2O3S/c1-12-13(9-8-10-14(12)19-23(7,21)22)15(20)18-17(5,6)11-16(2,3)4/h8-10,19H,11H2,1-7H3,(H,18,20). The lowest BCUT2D eigenvalue weighted by molar-refractivity contribution is 0.0891. The fourth-order valence-corrected chi connectivity index (χ4v) is 3.56. The molecule has 1 aromatic rings. The van der Waals surface area contributed by atoms with Crippen LogP contribution in [0.4, 0.5) is 5.69 Å². The fourth-order valence-electron chi connectivity index (χ4n) is 2.94. The van der Waals surface area contributed by atoms with Crippen molar-refractivity contribution in [2.45, 2.75) is 53.5 Å². The summed E-state index contributed by atoms with van der Waals surface area (Å²) in [6.07, 6.45) is 1.91. The molecule has 0 fully saturated rings. The van der Waals surface area contributed by atoms with E-state index in [1.54, 1.807) is 25.1 Å². The molecule has 1 rings (SSSR count). The molecule has 0 aromatic heterocycles. The molecule has 0 aliphatic heterocycles. The summed E-state index contributed by atoms with van der Waals surface area (Å²) in [5.74, 6) is -0.200. The Hall–Kier alpha value is -1.56. The highest BCUT2D eigenvalue weighted by Gasteiger charge is 2.28. The third kappa shape index (κ3) is 6.60. The second kappa shape index (κ2) is 6.51. The van der Waals surface area contributed by atoms with Gasteiger partial charge in [-0.3, -0.25) is 9.52 Å². The van der Waals surface area contributed by atoms with Crippen molar-refractivity contribution in [1.29, 1.82) is 0 Å². The number of nitrogens with one attached hydrogen (secondary N) is 2. The van der Waals surface area contributed by atoms with Crippen LogP contribution in [0.5, 0.6) is 0 Å². The predicted octanol–water partition coefficient (Wildman–Crippen LogP) is 3.31. The molecule has 2 N–H and O–H groups in total. The molecule has 0 saturated carbocycles. The van der Waals surface area contributed by atoms with Gasteiger partial charge in [0.25, 0.3) is 5.91 Å². The zero-order valence-corrected chi connectivity index (χ0v) is 15.9. The van der Waals surface area contributed by atoms with Crippen molar-refractivity contribution in [3.05, 3.63) is 29.3 Å². The van der Waals surface area contributed by atoms with Gasteiger partial charge in [-0.2, -0.15) is 0 Å². The lowest BCUT2D eigenvalue weighted by atomic mass is 9.81. The molecular weight excluding hydrogens is 312 g/mol. The number of rotatable bonds is 5. The molecule has 0 spiro atoms. The minimum atomic E-state index is -3.38. The summed E-state index contributed by atoms with van der Waals surface area (Å²) in [4.78, 5) is 12.6. The van der Waals surface area contributed by atoms with E-state index in [9.17, 15) is 13.2 Å². The Balaban J connectivity index is 3.03. The van der Waals surface area contributed by atoms with Gasteiger partial charge in [0, 0.05) is 11.1 Å². The number of anilines is 1. The lowest BCUT2D eigenvalue weighted by Gasteiger charge is -2.33. The van der Waals surface area contributed by atoms with Crippen LogP contribution >= 0.6 is 0 Å². The summed E-state index contributed by atoms with van der Waals surface area (Å²) in [7, 11) is -3.38. The van der Waals surface area contributed by atoms with E-state index in [0.717, 1.165) is 12.7 Å². The van der Waals surface area contributed by atoms with E-state index in [4.69, 9.17) is 0 Å². The Labute approximate surface area is 139 Å². The first-order valence-corrected chi connectivity index (χ1v) is 9.49. The van der Waals surface area contributed by atoms with Gasteiger partial charge in [0.05, 0.1) is 11.9 Å². The summed E-state index contributed by atoms with van der Waals surface area (Å²) in [6.45, 7) is 12.1. The monoisotopic (exact) mass is 340 g/mol. The van der Waals surface area contributed by atoms with E-state index in [1.165, 1.54) is 0 Å². The Kier molecular flexibility index (Phi) is 5.52. The maximum atomic E-state index is 12.6. The second-order valence-corrected chi connectivity index (χ2v) is 9.68. The van der Waals surface area contributed by atoms with Gasteiger partial charge in [-0.25, -0.2) is 8.42 Å². The van der Waals surface area contributed by atoms with E-state index in [-0.39, 0.29) is 16.9 Å². The van der Waals surface area contributed by atoms with E-state index in [1.807, 2.05) is 13.8 Å². The summed E-state index contributed by atoms with van der Waals surface area (Å²) < 4.78 is 25.3. The first kappa shape index (κ1) is 19.5. The third-order valence-corrected chi connectivity index (χ3v) is 3.89. The molecule has 0 aliphatic rings. The normalized spacial score (nSPS) is 12.8. The molecular formula is C17H28N2O3S. The number of hydrogen-bond acceptors (Lipinski definition) is 3. The Morgan fingerprint density at radius 2 is 1.70 bits per heavy atom. The molecule has 0 atom stereocenters. The number of carbonyl (C=O) groups is 1. The van der Waals surface area contributed by atoms with Gasteiger partial charge in [0.15, 0.2) is 0 Å². The Morgan fingerprint density at radius 3 is 2.17 bits per heavy atom. The number of amides is 1. The van der Waals surface area contributed by atoms with Crippen molar-refractivity contribution in [2.75, 3.05) is 11.0 Å². The number of hydrogen-bond donors (Lipinski definition) is 2. The van der Waals surface area contributed by atoms with Crippen molar-refractivity contribution in [1.82, 2.24) is 5.32 Å². The van der Waals surface area contributed by atoms with E-state index >= 15 is 0 Å². The van der Waals surface area contributed by atoms with Crippen molar-refractivity contribution < 1.29 is 13.2 Å². The number of carbonyl (C=O) groups excluding carboxylic acids is 1. The molecule has 23 heavy (non-hydrogen) atoms. The van der Waals surface area contributed by atoms with Gasteiger partial charge in [-0.1, -0.05) is 26.8 Å². The molecule has 1 aromatic carbocycles. The zero-order chi connectivity index (χ0) is 18.1. The highest BCUT2D eigenvalue weighted by Crippen LogP contribution is 2.27. The summed E-state index contributed by atoms with van der Waals surface area (Å²) in [6, 6.07) is 5.02. The molecule has 0 radical (unpaired) electrons. The first-order chi connectivity index (χ1) is 10.2. The van der Waals surface area contributed by atoms with Crippen LogP contribution in [0.25, 0.3) is 0 Å². The largest absolute Gasteiger partial charge is 0.347 e. The van der Waals surface area contributed by atoms with Crippen LogP contribution in [0.3, 0.4) is 0 Å².